The van der Waals surface area contributed by atoms with Gasteiger partial charge < -0.3 is 9.47 Å². The van der Waals surface area contributed by atoms with Crippen LogP contribution in [-0.4, -0.2) is 31.1 Å². The number of ketones is 1. The van der Waals surface area contributed by atoms with Gasteiger partial charge in [-0.3, -0.25) is 9.59 Å². The minimum atomic E-state index is -0.498. The van der Waals surface area contributed by atoms with Gasteiger partial charge in [-0.2, -0.15) is 0 Å². The number of carbonyl (C=O) groups is 2. The smallest absolute Gasteiger partial charge is 0.313 e. The molecule has 0 aliphatic rings. The quantitative estimate of drug-likeness (QED) is 0.262. The highest BCUT2D eigenvalue weighted by Gasteiger charge is 2.07. The molecular formula is C12H20O4. The standard InChI is InChI=1S/C12H20O4/c1-4-6-11(5-2)15-7-8-16-12(14)9-10(3)13/h5,11H,2,4,6-9H2,1,3H3. The number of rotatable bonds is 9. The summed E-state index contributed by atoms with van der Waals surface area (Å²) in [6.07, 6.45) is 3.50. The summed E-state index contributed by atoms with van der Waals surface area (Å²) in [5, 5.41) is 0. The van der Waals surface area contributed by atoms with Gasteiger partial charge in [0.05, 0.1) is 12.7 Å². The first-order chi connectivity index (χ1) is 7.60. The maximum atomic E-state index is 11.0. The third kappa shape index (κ3) is 8.17. The zero-order valence-corrected chi connectivity index (χ0v) is 10.0. The Balaban J connectivity index is 3.54. The zero-order chi connectivity index (χ0) is 12.4. The van der Waals surface area contributed by atoms with Crippen LogP contribution in [0.3, 0.4) is 0 Å². The molecule has 1 unspecified atom stereocenters. The van der Waals surface area contributed by atoms with E-state index in [0.717, 1.165) is 12.8 Å². The summed E-state index contributed by atoms with van der Waals surface area (Å²) in [6.45, 7) is 7.59. The normalized spacial score (nSPS) is 11.9. The summed E-state index contributed by atoms with van der Waals surface area (Å²) in [7, 11) is 0. The molecule has 0 spiro atoms. The Labute approximate surface area is 96.6 Å². The molecule has 92 valence electrons. The van der Waals surface area contributed by atoms with E-state index in [1.807, 2.05) is 0 Å². The molecule has 16 heavy (non-hydrogen) atoms. The van der Waals surface area contributed by atoms with Gasteiger partial charge in [0.1, 0.15) is 18.8 Å². The van der Waals surface area contributed by atoms with Crippen LogP contribution in [0.5, 0.6) is 0 Å². The maximum Gasteiger partial charge on any atom is 0.313 e. The summed E-state index contributed by atoms with van der Waals surface area (Å²) in [4.78, 5) is 21.6. The fourth-order valence-electron chi connectivity index (χ4n) is 1.16. The first-order valence-corrected chi connectivity index (χ1v) is 5.49. The molecule has 0 aromatic heterocycles. The van der Waals surface area contributed by atoms with E-state index in [9.17, 15) is 9.59 Å². The topological polar surface area (TPSA) is 52.6 Å². The van der Waals surface area contributed by atoms with Gasteiger partial charge in [0.2, 0.25) is 0 Å². The Kier molecular flexibility index (Phi) is 8.43. The van der Waals surface area contributed by atoms with Crippen molar-refractivity contribution in [3.05, 3.63) is 12.7 Å². The highest BCUT2D eigenvalue weighted by atomic mass is 16.6. The molecule has 0 amide bonds. The minimum absolute atomic E-state index is 0.0107. The average Bonchev–Trinajstić information content (AvgIpc) is 2.21. The van der Waals surface area contributed by atoms with E-state index in [4.69, 9.17) is 9.47 Å². The molecule has 4 nitrogen and oxygen atoms in total. The van der Waals surface area contributed by atoms with Gasteiger partial charge in [-0.15, -0.1) is 6.58 Å². The molecule has 0 fully saturated rings. The number of ether oxygens (including phenoxy) is 2. The van der Waals surface area contributed by atoms with Crippen LogP contribution in [-0.2, 0) is 19.1 Å². The van der Waals surface area contributed by atoms with Crippen molar-refractivity contribution < 1.29 is 19.1 Å². The molecule has 0 rings (SSSR count). The number of carbonyl (C=O) groups excluding carboxylic acids is 2. The maximum absolute atomic E-state index is 11.0. The highest BCUT2D eigenvalue weighted by molar-refractivity contribution is 5.94. The first-order valence-electron chi connectivity index (χ1n) is 5.49. The molecule has 4 heteroatoms. The van der Waals surface area contributed by atoms with E-state index in [-0.39, 0.29) is 24.9 Å². The monoisotopic (exact) mass is 228 g/mol. The molecule has 0 bridgehead atoms. The molecule has 0 saturated carbocycles. The predicted molar refractivity (Wildman–Crippen MR) is 61.1 cm³/mol. The van der Waals surface area contributed by atoms with Crippen molar-refractivity contribution in [1.29, 1.82) is 0 Å². The zero-order valence-electron chi connectivity index (χ0n) is 10.0. The van der Waals surface area contributed by atoms with Crippen molar-refractivity contribution in [2.24, 2.45) is 0 Å². The van der Waals surface area contributed by atoms with E-state index in [1.165, 1.54) is 6.92 Å². The molecule has 1 atom stereocenters. The molecule has 0 aliphatic heterocycles. The first kappa shape index (κ1) is 14.8. The van der Waals surface area contributed by atoms with Crippen molar-refractivity contribution in [3.63, 3.8) is 0 Å². The Morgan fingerprint density at radius 3 is 2.56 bits per heavy atom. The summed E-state index contributed by atoms with van der Waals surface area (Å²) < 4.78 is 10.2. The fraction of sp³-hybridized carbons (Fsp3) is 0.667. The third-order valence-corrected chi connectivity index (χ3v) is 1.91. The Hall–Kier alpha value is -1.16. The lowest BCUT2D eigenvalue weighted by Crippen LogP contribution is -2.17. The van der Waals surface area contributed by atoms with Crippen molar-refractivity contribution in [1.82, 2.24) is 0 Å². The van der Waals surface area contributed by atoms with Crippen molar-refractivity contribution >= 4 is 11.8 Å². The van der Waals surface area contributed by atoms with Crippen LogP contribution < -0.4 is 0 Å². The van der Waals surface area contributed by atoms with Crippen molar-refractivity contribution in [3.8, 4) is 0 Å². The van der Waals surface area contributed by atoms with Crippen LogP contribution in [0.2, 0.25) is 0 Å². The van der Waals surface area contributed by atoms with E-state index in [1.54, 1.807) is 6.08 Å². The van der Waals surface area contributed by atoms with Gasteiger partial charge in [-0.25, -0.2) is 0 Å². The molecule has 0 aliphatic carbocycles. The Morgan fingerprint density at radius 1 is 1.38 bits per heavy atom. The van der Waals surface area contributed by atoms with E-state index in [0.29, 0.717) is 6.61 Å². The van der Waals surface area contributed by atoms with Gasteiger partial charge in [-0.05, 0) is 13.3 Å². The molecule has 0 heterocycles. The second-order valence-corrected chi connectivity index (χ2v) is 3.53. The van der Waals surface area contributed by atoms with E-state index >= 15 is 0 Å². The summed E-state index contributed by atoms with van der Waals surface area (Å²) in [6, 6.07) is 0. The minimum Gasteiger partial charge on any atom is -0.463 e. The second kappa shape index (κ2) is 9.09. The van der Waals surface area contributed by atoms with Crippen LogP contribution in [0.25, 0.3) is 0 Å². The van der Waals surface area contributed by atoms with Gasteiger partial charge in [-0.1, -0.05) is 19.4 Å². The Bertz CT molecular complexity index is 235. The average molecular weight is 228 g/mol. The molecule has 0 radical (unpaired) electrons. The molecular weight excluding hydrogens is 208 g/mol. The second-order valence-electron chi connectivity index (χ2n) is 3.53. The van der Waals surface area contributed by atoms with Gasteiger partial charge in [0.25, 0.3) is 0 Å². The lowest BCUT2D eigenvalue weighted by atomic mass is 10.2. The summed E-state index contributed by atoms with van der Waals surface area (Å²) in [5.41, 5.74) is 0. The van der Waals surface area contributed by atoms with Crippen molar-refractivity contribution in [2.75, 3.05) is 13.2 Å². The number of Topliss-reactive ketones (excluding diaryl/α,β-unsaturated/α-hetero) is 1. The molecule has 0 aromatic carbocycles. The molecule has 0 N–H and O–H groups in total. The van der Waals surface area contributed by atoms with Crippen LogP contribution in [0.1, 0.15) is 33.1 Å². The van der Waals surface area contributed by atoms with E-state index in [2.05, 4.69) is 13.5 Å². The number of hydrogen-bond acceptors (Lipinski definition) is 4. The predicted octanol–water partition coefficient (Wildman–Crippen LogP) is 1.88. The van der Waals surface area contributed by atoms with E-state index < -0.39 is 5.97 Å². The SMILES string of the molecule is C=CC(CCC)OCCOC(=O)CC(C)=O. The lowest BCUT2D eigenvalue weighted by Gasteiger charge is -2.12. The van der Waals surface area contributed by atoms with Gasteiger partial charge in [0.15, 0.2) is 0 Å². The summed E-state index contributed by atoms with van der Waals surface area (Å²) >= 11 is 0. The number of hydrogen-bond donors (Lipinski definition) is 0. The van der Waals surface area contributed by atoms with Crippen LogP contribution in [0.15, 0.2) is 12.7 Å². The van der Waals surface area contributed by atoms with Crippen molar-refractivity contribution in [2.45, 2.75) is 39.2 Å². The largest absolute Gasteiger partial charge is 0.463 e. The molecule has 0 saturated heterocycles. The lowest BCUT2D eigenvalue weighted by molar-refractivity contribution is -0.147. The number of esters is 1. The van der Waals surface area contributed by atoms with Gasteiger partial charge >= 0.3 is 5.97 Å². The highest BCUT2D eigenvalue weighted by Crippen LogP contribution is 2.02. The van der Waals surface area contributed by atoms with Crippen LogP contribution in [0.4, 0.5) is 0 Å². The fourth-order valence-corrected chi connectivity index (χ4v) is 1.16. The third-order valence-electron chi connectivity index (χ3n) is 1.91. The summed E-state index contributed by atoms with van der Waals surface area (Å²) in [5.74, 6) is -0.692. The van der Waals surface area contributed by atoms with Crippen LogP contribution in [0, 0.1) is 0 Å². The van der Waals surface area contributed by atoms with Crippen LogP contribution >= 0.6 is 0 Å². The van der Waals surface area contributed by atoms with Gasteiger partial charge in [0, 0.05) is 0 Å². The molecule has 0 aromatic rings. The Morgan fingerprint density at radius 2 is 2.06 bits per heavy atom.